The second kappa shape index (κ2) is 10.1. The molecule has 0 aromatic heterocycles. The van der Waals surface area contributed by atoms with E-state index in [0.29, 0.717) is 18.7 Å². The van der Waals surface area contributed by atoms with E-state index in [4.69, 9.17) is 5.73 Å². The maximum absolute atomic E-state index is 11.6. The smallest absolute Gasteiger partial charge is 0.224 e. The number of benzene rings is 1. The molecule has 4 N–H and O–H groups in total. The van der Waals surface area contributed by atoms with Crippen LogP contribution in [0.25, 0.3) is 0 Å². The highest BCUT2D eigenvalue weighted by atomic mass is 79.9. The van der Waals surface area contributed by atoms with Gasteiger partial charge in [0, 0.05) is 10.9 Å². The lowest BCUT2D eigenvalue weighted by Crippen LogP contribution is -2.11. The number of anilines is 1. The Balaban J connectivity index is 0.00000324. The van der Waals surface area contributed by atoms with Crippen molar-refractivity contribution in [2.24, 2.45) is 5.73 Å². The molecule has 0 aliphatic heterocycles. The molecule has 0 heterocycles. The van der Waals surface area contributed by atoms with Crippen LogP contribution in [0.5, 0.6) is 5.75 Å². The number of unbranched alkanes of at least 4 members (excludes halogenated alkanes) is 3. The van der Waals surface area contributed by atoms with Gasteiger partial charge in [0.15, 0.2) is 0 Å². The molecule has 4 nitrogen and oxygen atoms in total. The summed E-state index contributed by atoms with van der Waals surface area (Å²) in [5.41, 5.74) is 5.83. The van der Waals surface area contributed by atoms with Crippen LogP contribution in [0.4, 0.5) is 5.69 Å². The monoisotopic (exact) mass is 350 g/mol. The topological polar surface area (TPSA) is 75.4 Å². The Hall–Kier alpha value is -0.780. The number of hydrogen-bond donors (Lipinski definition) is 3. The van der Waals surface area contributed by atoms with Crippen LogP contribution in [-0.2, 0) is 4.79 Å². The van der Waals surface area contributed by atoms with Gasteiger partial charge in [0.2, 0.25) is 5.91 Å². The molecule has 0 atom stereocenters. The fourth-order valence-electron chi connectivity index (χ4n) is 1.60. The molecule has 108 valence electrons. The van der Waals surface area contributed by atoms with E-state index in [1.807, 2.05) is 0 Å². The summed E-state index contributed by atoms with van der Waals surface area (Å²) in [7, 11) is 0. The Labute approximate surface area is 128 Å². The van der Waals surface area contributed by atoms with Crippen LogP contribution in [0.3, 0.4) is 0 Å². The molecule has 0 fully saturated rings. The molecule has 0 spiro atoms. The number of halogens is 2. The highest BCUT2D eigenvalue weighted by molar-refractivity contribution is 9.10. The maximum Gasteiger partial charge on any atom is 0.224 e. The second-order valence-electron chi connectivity index (χ2n) is 4.16. The van der Waals surface area contributed by atoms with Gasteiger partial charge < -0.3 is 16.2 Å². The third-order valence-electron chi connectivity index (χ3n) is 2.59. The lowest BCUT2D eigenvalue weighted by Gasteiger charge is -2.07. The molecule has 0 aliphatic carbocycles. The number of nitrogens with one attached hydrogen (secondary N) is 1. The predicted octanol–water partition coefficient (Wildman–Crippen LogP) is 3.42. The molecule has 19 heavy (non-hydrogen) atoms. The summed E-state index contributed by atoms with van der Waals surface area (Å²) in [5.74, 6) is 0.00540. The fourth-order valence-corrected chi connectivity index (χ4v) is 1.97. The number of aromatic hydroxyl groups is 1. The van der Waals surface area contributed by atoms with Gasteiger partial charge in [-0.3, -0.25) is 4.79 Å². The summed E-state index contributed by atoms with van der Waals surface area (Å²) in [6.07, 6.45) is 4.40. The molecule has 6 heteroatoms. The van der Waals surface area contributed by atoms with E-state index in [1.165, 1.54) is 0 Å². The van der Waals surface area contributed by atoms with Crippen molar-refractivity contribution >= 4 is 39.9 Å². The highest BCUT2D eigenvalue weighted by Crippen LogP contribution is 2.26. The largest absolute Gasteiger partial charge is 0.506 e. The van der Waals surface area contributed by atoms with Crippen molar-refractivity contribution in [1.29, 1.82) is 0 Å². The van der Waals surface area contributed by atoms with E-state index in [1.54, 1.807) is 18.2 Å². The van der Waals surface area contributed by atoms with Gasteiger partial charge in [-0.25, -0.2) is 0 Å². The van der Waals surface area contributed by atoms with Gasteiger partial charge in [0.1, 0.15) is 5.75 Å². The first kappa shape index (κ1) is 18.2. The Morgan fingerprint density at radius 2 is 1.95 bits per heavy atom. The fraction of sp³-hybridized carbons (Fsp3) is 0.462. The van der Waals surface area contributed by atoms with Gasteiger partial charge in [-0.15, -0.1) is 12.4 Å². The SMILES string of the molecule is Cl.NCCCCCCC(=O)Nc1cc(Br)ccc1O. The minimum absolute atomic E-state index is 0. The van der Waals surface area contributed by atoms with E-state index in [2.05, 4.69) is 21.2 Å². The summed E-state index contributed by atoms with van der Waals surface area (Å²) in [4.78, 5) is 11.6. The molecule has 0 saturated carbocycles. The van der Waals surface area contributed by atoms with Gasteiger partial charge in [-0.05, 0) is 37.6 Å². The molecular weight excluding hydrogens is 332 g/mol. The van der Waals surface area contributed by atoms with E-state index in [-0.39, 0.29) is 24.1 Å². The van der Waals surface area contributed by atoms with Crippen LogP contribution in [-0.4, -0.2) is 17.6 Å². The van der Waals surface area contributed by atoms with Crippen LogP contribution < -0.4 is 11.1 Å². The van der Waals surface area contributed by atoms with Gasteiger partial charge in [0.05, 0.1) is 5.69 Å². The number of carbonyl (C=O) groups is 1. The second-order valence-corrected chi connectivity index (χ2v) is 5.08. The summed E-state index contributed by atoms with van der Waals surface area (Å²) in [5, 5.41) is 12.3. The van der Waals surface area contributed by atoms with Crippen molar-refractivity contribution in [1.82, 2.24) is 0 Å². The lowest BCUT2D eigenvalue weighted by molar-refractivity contribution is -0.116. The zero-order chi connectivity index (χ0) is 13.4. The standard InChI is InChI=1S/C13H19BrN2O2.ClH/c14-10-6-7-12(17)11(9-10)16-13(18)5-3-1-2-4-8-15;/h6-7,9,17H,1-5,8,15H2,(H,16,18);1H. The number of phenols is 1. The van der Waals surface area contributed by atoms with E-state index in [0.717, 1.165) is 30.2 Å². The van der Waals surface area contributed by atoms with Crippen LogP contribution in [0.2, 0.25) is 0 Å². The zero-order valence-corrected chi connectivity index (χ0v) is 13.1. The maximum atomic E-state index is 11.6. The first-order valence-corrected chi connectivity index (χ1v) is 6.91. The van der Waals surface area contributed by atoms with Crippen molar-refractivity contribution in [3.8, 4) is 5.75 Å². The zero-order valence-electron chi connectivity index (χ0n) is 10.7. The molecule has 0 radical (unpaired) electrons. The highest BCUT2D eigenvalue weighted by Gasteiger charge is 2.06. The number of carbonyl (C=O) groups excluding carboxylic acids is 1. The van der Waals surface area contributed by atoms with Crippen molar-refractivity contribution in [3.63, 3.8) is 0 Å². The summed E-state index contributed by atoms with van der Waals surface area (Å²) < 4.78 is 0.818. The molecule has 0 saturated heterocycles. The third-order valence-corrected chi connectivity index (χ3v) is 3.08. The molecule has 0 unspecified atom stereocenters. The van der Waals surface area contributed by atoms with Crippen LogP contribution in [0, 0.1) is 0 Å². The van der Waals surface area contributed by atoms with Gasteiger partial charge in [-0.1, -0.05) is 28.8 Å². The first-order valence-electron chi connectivity index (χ1n) is 6.12. The number of phenolic OH excluding ortho intramolecular Hbond substituents is 1. The Morgan fingerprint density at radius 3 is 2.63 bits per heavy atom. The molecule has 1 amide bonds. The van der Waals surface area contributed by atoms with Crippen molar-refractivity contribution in [2.75, 3.05) is 11.9 Å². The molecular formula is C13H20BrClN2O2. The average molecular weight is 352 g/mol. The number of rotatable bonds is 7. The summed E-state index contributed by atoms with van der Waals surface area (Å²) in [6, 6.07) is 4.94. The van der Waals surface area contributed by atoms with Crippen molar-refractivity contribution < 1.29 is 9.90 Å². The lowest BCUT2D eigenvalue weighted by atomic mass is 10.1. The Bertz CT molecular complexity index is 402. The third kappa shape index (κ3) is 7.40. The van der Waals surface area contributed by atoms with E-state index >= 15 is 0 Å². The van der Waals surface area contributed by atoms with Crippen LogP contribution in [0.15, 0.2) is 22.7 Å². The van der Waals surface area contributed by atoms with Crippen molar-refractivity contribution in [3.05, 3.63) is 22.7 Å². The minimum atomic E-state index is -0.0730. The van der Waals surface area contributed by atoms with Crippen molar-refractivity contribution in [2.45, 2.75) is 32.1 Å². The molecule has 1 rings (SSSR count). The number of nitrogens with two attached hydrogens (primary N) is 1. The summed E-state index contributed by atoms with van der Waals surface area (Å²) >= 11 is 3.29. The van der Waals surface area contributed by atoms with E-state index < -0.39 is 0 Å². The summed E-state index contributed by atoms with van der Waals surface area (Å²) in [6.45, 7) is 0.706. The molecule has 0 aliphatic rings. The molecule has 0 bridgehead atoms. The number of hydrogen-bond acceptors (Lipinski definition) is 3. The molecule has 1 aromatic rings. The van der Waals surface area contributed by atoms with Gasteiger partial charge in [-0.2, -0.15) is 0 Å². The van der Waals surface area contributed by atoms with Crippen LogP contribution in [0.1, 0.15) is 32.1 Å². The van der Waals surface area contributed by atoms with Gasteiger partial charge >= 0.3 is 0 Å². The first-order chi connectivity index (χ1) is 8.63. The predicted molar refractivity (Wildman–Crippen MR) is 83.8 cm³/mol. The molecule has 1 aromatic carbocycles. The quantitative estimate of drug-likeness (QED) is 0.520. The normalized spacial score (nSPS) is 9.79. The van der Waals surface area contributed by atoms with E-state index in [9.17, 15) is 9.90 Å². The Morgan fingerprint density at radius 1 is 1.26 bits per heavy atom. The number of amides is 1. The Kier molecular flexibility index (Phi) is 9.65. The van der Waals surface area contributed by atoms with Crippen LogP contribution >= 0.6 is 28.3 Å². The minimum Gasteiger partial charge on any atom is -0.506 e. The average Bonchev–Trinajstić information content (AvgIpc) is 2.33. The van der Waals surface area contributed by atoms with Gasteiger partial charge in [0.25, 0.3) is 0 Å².